The van der Waals surface area contributed by atoms with Crippen LogP contribution in [-0.2, 0) is 85.2 Å². The van der Waals surface area contributed by atoms with E-state index in [1.165, 1.54) is 20.8 Å². The number of amides is 9. The van der Waals surface area contributed by atoms with Gasteiger partial charge in [-0.2, -0.15) is 0 Å². The number of carbonyl (C=O) groups excluding carboxylic acids is 9. The second-order valence-electron chi connectivity index (χ2n) is 35.6. The van der Waals surface area contributed by atoms with E-state index in [4.69, 9.17) is 32.9 Å². The Morgan fingerprint density at radius 1 is 0.328 bits per heavy atom. The summed E-state index contributed by atoms with van der Waals surface area (Å²) >= 11 is 0. The van der Waals surface area contributed by atoms with Gasteiger partial charge in [-0.3, -0.25) is 52.2 Å². The van der Waals surface area contributed by atoms with Gasteiger partial charge in [0.1, 0.15) is 85.1 Å². The van der Waals surface area contributed by atoms with Crippen molar-refractivity contribution in [2.45, 2.75) is 439 Å². The van der Waals surface area contributed by atoms with Crippen LogP contribution < -0.4 is 47.9 Å². The third-order valence-electron chi connectivity index (χ3n) is 24.2. The first-order valence-electron chi connectivity index (χ1n) is 49.4. The second-order valence-corrected chi connectivity index (χ2v) is 37.2. The van der Waals surface area contributed by atoms with Crippen molar-refractivity contribution in [3.05, 3.63) is 0 Å². The normalized spacial score (nSPS) is 23.2. The summed E-state index contributed by atoms with van der Waals surface area (Å²) in [5.74, 6) is -2.84. The molecule has 38 nitrogen and oxygen atoms in total. The van der Waals surface area contributed by atoms with Gasteiger partial charge in [-0.15, -0.1) is 0 Å². The van der Waals surface area contributed by atoms with Crippen molar-refractivity contribution in [1.82, 2.24) is 47.9 Å². The fourth-order valence-corrected chi connectivity index (χ4v) is 16.8. The van der Waals surface area contributed by atoms with E-state index in [9.17, 15) is 104 Å². The maximum atomic E-state index is 14.5. The van der Waals surface area contributed by atoms with E-state index in [0.29, 0.717) is 116 Å². The number of aliphatic hydroxyl groups is 10. The molecular weight excluding hydrogens is 1730 g/mol. The Labute approximate surface area is 778 Å². The summed E-state index contributed by atoms with van der Waals surface area (Å²) in [5, 5.41) is 127. The first kappa shape index (κ1) is 120. The first-order chi connectivity index (χ1) is 63.1. The van der Waals surface area contributed by atoms with Gasteiger partial charge in [0.05, 0.1) is 26.4 Å². The van der Waals surface area contributed by atoms with Crippen LogP contribution >= 0.6 is 7.82 Å². The van der Waals surface area contributed by atoms with Crippen molar-refractivity contribution in [1.29, 1.82) is 0 Å². The third kappa shape index (κ3) is 55.6. The largest absolute Gasteiger partial charge is 0.471 e. The molecule has 3 aliphatic heterocycles. The van der Waals surface area contributed by atoms with Crippen molar-refractivity contribution in [2.24, 2.45) is 5.92 Å². The van der Waals surface area contributed by atoms with Crippen LogP contribution in [0.15, 0.2) is 0 Å². The summed E-state index contributed by atoms with van der Waals surface area (Å²) in [7, 11) is -3.05. The van der Waals surface area contributed by atoms with Gasteiger partial charge in [0.2, 0.25) is 53.2 Å². The van der Waals surface area contributed by atoms with Crippen LogP contribution in [0.25, 0.3) is 0 Å². The fourth-order valence-electron chi connectivity index (χ4n) is 16.3. The van der Waals surface area contributed by atoms with Crippen molar-refractivity contribution >= 4 is 61.0 Å². The number of unbranched alkanes of at least 4 members (excludes halogenated alkanes) is 35. The number of nitrogens with one attached hydrogen (secondary N) is 9. The van der Waals surface area contributed by atoms with Gasteiger partial charge in [0, 0.05) is 112 Å². The monoisotopic (exact) mass is 1900 g/mol. The lowest BCUT2D eigenvalue weighted by molar-refractivity contribution is -0.270. The first-order valence-corrected chi connectivity index (χ1v) is 50.9. The standard InChI is InChI=1S/C92H172N9O29P/c1-66(106)97-79-85(116)82(113)72(62-103)128-90(79)124-58-44-30-22-14-6-10-18-26-34-51-76(110)94-55-42-38-48-70(88(119)96-57-40-29-21-13-5-9-17-25-33-50-75(109)93-54-41-37-47-69(61-102)65-127-131(121,122)123-4)101-89(120)71(100-78(112)53-36-28-20-12-8-16-24-32-46-60-126-92-81(99-68(3)108)87(118)84(115)74(64-105)130-92)49-39-43-56-95-77(111)52-35-27-19-11-7-15-23-31-45-59-125-91-80(98-67(2)107)86(117)83(114)73(63-104)129-91/h69-74,79-87,90-92,102-105,113-118H,5-65H2,1-4H3,(H,93,109)(H,94,110)(H,95,111)(H,96,119)(H,97,106)(H,98,107)(H,99,108)(H,100,112)(H,101,120)(H,121,122)/t69?,70-,71-,72?,73?,74?,79?,80?,81?,82?,83?,84?,85?,86?,87?,90?,91?,92?/m0/s1. The average molecular weight is 1900 g/mol. The molecule has 9 amide bonds. The van der Waals surface area contributed by atoms with Gasteiger partial charge in [0.25, 0.3) is 0 Å². The highest BCUT2D eigenvalue weighted by molar-refractivity contribution is 7.47. The minimum atomic E-state index is -4.12. The zero-order valence-electron chi connectivity index (χ0n) is 79.2. The van der Waals surface area contributed by atoms with Gasteiger partial charge in [-0.05, 0) is 103 Å². The van der Waals surface area contributed by atoms with Crippen molar-refractivity contribution < 1.29 is 141 Å². The Morgan fingerprint density at radius 3 is 0.893 bits per heavy atom. The maximum Gasteiger partial charge on any atom is 0.471 e. The number of aliphatic hydroxyl groups excluding tert-OH is 10. The van der Waals surface area contributed by atoms with Gasteiger partial charge >= 0.3 is 7.82 Å². The predicted molar refractivity (Wildman–Crippen MR) is 489 cm³/mol. The second kappa shape index (κ2) is 74.8. The fraction of sp³-hybridized carbons (Fsp3) is 0.902. The number of phosphoric acid groups is 1. The number of carbonyl (C=O) groups is 9. The highest BCUT2D eigenvalue weighted by atomic mass is 31.2. The Bertz CT molecular complexity index is 3090. The molecule has 0 saturated carbocycles. The Kier molecular flexibility index (Phi) is 68.5. The van der Waals surface area contributed by atoms with E-state index in [2.05, 4.69) is 52.4 Å². The highest BCUT2D eigenvalue weighted by Gasteiger charge is 2.48. The lowest BCUT2D eigenvalue weighted by Crippen LogP contribution is -2.64. The van der Waals surface area contributed by atoms with Gasteiger partial charge in [0.15, 0.2) is 18.9 Å². The quantitative estimate of drug-likeness (QED) is 0.0253. The molecule has 3 fully saturated rings. The van der Waals surface area contributed by atoms with Crippen LogP contribution in [0.4, 0.5) is 0 Å². The maximum absolute atomic E-state index is 14.5. The molecule has 17 unspecified atom stereocenters. The molecule has 19 atom stereocenters. The van der Waals surface area contributed by atoms with Gasteiger partial charge in [-0.1, -0.05) is 186 Å². The zero-order valence-corrected chi connectivity index (χ0v) is 80.1. The number of hydrogen-bond donors (Lipinski definition) is 20. The van der Waals surface area contributed by atoms with Crippen molar-refractivity contribution in [2.75, 3.05) is 86.1 Å². The molecule has 0 aliphatic carbocycles. The van der Waals surface area contributed by atoms with Crippen LogP contribution in [0.1, 0.15) is 335 Å². The zero-order chi connectivity index (χ0) is 96.2. The Morgan fingerprint density at radius 2 is 0.595 bits per heavy atom. The minimum Gasteiger partial charge on any atom is -0.396 e. The lowest BCUT2D eigenvalue weighted by atomic mass is 9.97. The summed E-state index contributed by atoms with van der Waals surface area (Å²) < 4.78 is 55.3. The predicted octanol–water partition coefficient (Wildman–Crippen LogP) is 5.79. The molecule has 3 saturated heterocycles. The molecule has 3 heterocycles. The van der Waals surface area contributed by atoms with Gasteiger partial charge in [-0.25, -0.2) is 4.57 Å². The minimum absolute atomic E-state index is 0.0106. The SMILES string of the molecule is COP(=O)(O)OCC(CO)CCCCNC(=O)CCCCCCCCCCCNC(=O)[C@H](CCCCNC(=O)CCCCCCCCCCCOC1OC(CO)C(O)C(O)C1NC(C)=O)NC(=O)[C@H](CCCCNC(=O)CCCCCCCCCCCOC1OC(CO)C(O)C(O)C1NC(C)=O)NC(=O)CCCCCCCCCCCOC1OC(CO)C(O)C(O)C1NC(C)=O. The lowest BCUT2D eigenvalue weighted by Gasteiger charge is -2.42. The van der Waals surface area contributed by atoms with Crippen LogP contribution in [0.3, 0.4) is 0 Å². The number of rotatable bonds is 81. The van der Waals surface area contributed by atoms with Gasteiger partial charge < -0.3 is 132 Å². The topological polar surface area (TPSA) is 575 Å². The molecule has 0 aromatic heterocycles. The van der Waals surface area contributed by atoms with Crippen LogP contribution in [-0.4, -0.2) is 299 Å². The molecular formula is C92H172N9O29P. The van der Waals surface area contributed by atoms with Crippen molar-refractivity contribution in [3.8, 4) is 0 Å². The summed E-state index contributed by atoms with van der Waals surface area (Å²) in [6, 6.07) is -4.86. The summed E-state index contributed by atoms with van der Waals surface area (Å²) in [6.45, 7) is 4.55. The Hall–Kier alpha value is -5.30. The molecule has 3 aliphatic rings. The molecule has 0 radical (unpaired) electrons. The summed E-state index contributed by atoms with van der Waals surface area (Å²) in [5.41, 5.74) is 0. The number of hydrogen-bond acceptors (Lipinski definition) is 28. The molecule has 0 spiro atoms. The molecule has 3 rings (SSSR count). The number of ether oxygens (including phenoxy) is 6. The van der Waals surface area contributed by atoms with E-state index in [1.807, 2.05) is 0 Å². The molecule has 764 valence electrons. The summed E-state index contributed by atoms with van der Waals surface area (Å²) in [4.78, 5) is 126. The molecule has 20 N–H and O–H groups in total. The third-order valence-corrected chi connectivity index (χ3v) is 25.2. The van der Waals surface area contributed by atoms with E-state index < -0.39 is 155 Å². The highest BCUT2D eigenvalue weighted by Crippen LogP contribution is 2.42. The van der Waals surface area contributed by atoms with Crippen LogP contribution in [0.5, 0.6) is 0 Å². The van der Waals surface area contributed by atoms with E-state index >= 15 is 0 Å². The molecule has 0 bridgehead atoms. The Balaban J connectivity index is 1.52. The van der Waals surface area contributed by atoms with E-state index in [1.54, 1.807) is 0 Å². The van der Waals surface area contributed by atoms with E-state index in [-0.39, 0.29) is 74.5 Å². The smallest absolute Gasteiger partial charge is 0.396 e. The van der Waals surface area contributed by atoms with Crippen molar-refractivity contribution in [3.63, 3.8) is 0 Å². The molecule has 0 aromatic carbocycles. The molecule has 0 aromatic rings. The van der Waals surface area contributed by atoms with E-state index in [0.717, 1.165) is 225 Å². The summed E-state index contributed by atoms with van der Waals surface area (Å²) in [6.07, 6.45) is 24.2. The average Bonchev–Trinajstić information content (AvgIpc) is 0.816. The molecule has 131 heavy (non-hydrogen) atoms. The van der Waals surface area contributed by atoms with Crippen LogP contribution in [0.2, 0.25) is 0 Å². The van der Waals surface area contributed by atoms with Crippen LogP contribution in [0, 0.1) is 5.92 Å². The molecule has 39 heteroatoms. The number of phosphoric ester groups is 1.